The van der Waals surface area contributed by atoms with Gasteiger partial charge in [-0.25, -0.2) is 0 Å². The molecule has 2 rings (SSSR count). The Balaban J connectivity index is 1.61. The first-order chi connectivity index (χ1) is 9.75. The molecule has 0 atom stereocenters. The third kappa shape index (κ3) is 4.61. The van der Waals surface area contributed by atoms with Crippen LogP contribution in [0.15, 0.2) is 48.5 Å². The summed E-state index contributed by atoms with van der Waals surface area (Å²) in [6.45, 7) is 6.05. The van der Waals surface area contributed by atoms with Crippen molar-refractivity contribution in [1.29, 1.82) is 0 Å². The van der Waals surface area contributed by atoms with E-state index in [2.05, 4.69) is 37.4 Å². The average molecular weight is 269 g/mol. The fourth-order valence-electron chi connectivity index (χ4n) is 2.02. The maximum Gasteiger partial charge on any atom is 0.119 e. The van der Waals surface area contributed by atoms with Crippen LogP contribution in [0.1, 0.15) is 24.0 Å². The van der Waals surface area contributed by atoms with Gasteiger partial charge in [0.15, 0.2) is 0 Å². The minimum atomic E-state index is 0.776. The topological polar surface area (TPSA) is 21.3 Å². The van der Waals surface area contributed by atoms with Crippen LogP contribution in [0.5, 0.6) is 5.75 Å². The molecule has 2 aromatic rings. The summed E-state index contributed by atoms with van der Waals surface area (Å²) in [6.07, 6.45) is 2.17. The molecule has 0 radical (unpaired) electrons. The quantitative estimate of drug-likeness (QED) is 0.743. The van der Waals surface area contributed by atoms with E-state index < -0.39 is 0 Å². The van der Waals surface area contributed by atoms with E-state index >= 15 is 0 Å². The number of aryl methyl sites for hydroxylation is 2. The van der Waals surface area contributed by atoms with Crippen LogP contribution in [-0.4, -0.2) is 13.2 Å². The number of benzene rings is 2. The van der Waals surface area contributed by atoms with Crippen LogP contribution in [-0.2, 0) is 0 Å². The van der Waals surface area contributed by atoms with Crippen LogP contribution >= 0.6 is 0 Å². The summed E-state index contributed by atoms with van der Waals surface area (Å²) in [7, 11) is 0. The first-order valence-electron chi connectivity index (χ1n) is 7.25. The standard InChI is InChI=1S/C18H23NO/c1-15-10-11-17(14-16(15)2)19-12-6-7-13-20-18-8-4-3-5-9-18/h3-5,8-11,14,19H,6-7,12-13H2,1-2H3. The van der Waals surface area contributed by atoms with Gasteiger partial charge in [-0.05, 0) is 62.1 Å². The van der Waals surface area contributed by atoms with Gasteiger partial charge in [-0.15, -0.1) is 0 Å². The maximum atomic E-state index is 5.67. The third-order valence-corrected chi connectivity index (χ3v) is 3.42. The van der Waals surface area contributed by atoms with Crippen LogP contribution in [0.3, 0.4) is 0 Å². The number of unbranched alkanes of at least 4 members (excludes halogenated alkanes) is 1. The van der Waals surface area contributed by atoms with Crippen molar-refractivity contribution in [2.45, 2.75) is 26.7 Å². The summed E-state index contributed by atoms with van der Waals surface area (Å²) in [4.78, 5) is 0. The van der Waals surface area contributed by atoms with Crippen LogP contribution in [0.2, 0.25) is 0 Å². The molecule has 0 unspecified atom stereocenters. The van der Waals surface area contributed by atoms with Crippen molar-refractivity contribution in [3.63, 3.8) is 0 Å². The second-order valence-corrected chi connectivity index (χ2v) is 5.09. The first-order valence-corrected chi connectivity index (χ1v) is 7.25. The molecule has 2 nitrogen and oxygen atoms in total. The Morgan fingerprint density at radius 3 is 2.45 bits per heavy atom. The van der Waals surface area contributed by atoms with Gasteiger partial charge in [-0.2, -0.15) is 0 Å². The number of hydrogen-bond donors (Lipinski definition) is 1. The molecule has 0 spiro atoms. The zero-order chi connectivity index (χ0) is 14.2. The lowest BCUT2D eigenvalue weighted by Gasteiger charge is -2.09. The SMILES string of the molecule is Cc1ccc(NCCCCOc2ccccc2)cc1C. The Morgan fingerprint density at radius 1 is 0.900 bits per heavy atom. The van der Waals surface area contributed by atoms with Gasteiger partial charge in [0, 0.05) is 12.2 Å². The van der Waals surface area contributed by atoms with E-state index in [-0.39, 0.29) is 0 Å². The summed E-state index contributed by atoms with van der Waals surface area (Å²) in [5.74, 6) is 0.953. The molecule has 2 aromatic carbocycles. The summed E-state index contributed by atoms with van der Waals surface area (Å²) < 4.78 is 5.67. The van der Waals surface area contributed by atoms with E-state index in [1.54, 1.807) is 0 Å². The van der Waals surface area contributed by atoms with Crippen molar-refractivity contribution in [3.8, 4) is 5.75 Å². The number of hydrogen-bond acceptors (Lipinski definition) is 2. The second-order valence-electron chi connectivity index (χ2n) is 5.09. The Bertz CT molecular complexity index is 522. The van der Waals surface area contributed by atoms with E-state index in [9.17, 15) is 0 Å². The highest BCUT2D eigenvalue weighted by atomic mass is 16.5. The molecule has 2 heteroatoms. The minimum Gasteiger partial charge on any atom is -0.494 e. The maximum absolute atomic E-state index is 5.67. The lowest BCUT2D eigenvalue weighted by molar-refractivity contribution is 0.308. The molecule has 0 fully saturated rings. The van der Waals surface area contributed by atoms with E-state index in [0.717, 1.165) is 31.7 Å². The number of ether oxygens (including phenoxy) is 1. The van der Waals surface area contributed by atoms with E-state index in [0.29, 0.717) is 0 Å². The molecular formula is C18H23NO. The molecule has 0 aliphatic rings. The number of nitrogens with one attached hydrogen (secondary N) is 1. The van der Waals surface area contributed by atoms with Crippen molar-refractivity contribution in [1.82, 2.24) is 0 Å². The monoisotopic (exact) mass is 269 g/mol. The summed E-state index contributed by atoms with van der Waals surface area (Å²) in [6, 6.07) is 16.5. The zero-order valence-corrected chi connectivity index (χ0v) is 12.4. The van der Waals surface area contributed by atoms with E-state index in [1.807, 2.05) is 30.3 Å². The minimum absolute atomic E-state index is 0.776. The lowest BCUT2D eigenvalue weighted by atomic mass is 10.1. The smallest absolute Gasteiger partial charge is 0.119 e. The first kappa shape index (κ1) is 14.4. The fraction of sp³-hybridized carbons (Fsp3) is 0.333. The third-order valence-electron chi connectivity index (χ3n) is 3.42. The van der Waals surface area contributed by atoms with Gasteiger partial charge in [-0.1, -0.05) is 24.3 Å². The van der Waals surface area contributed by atoms with Crippen LogP contribution < -0.4 is 10.1 Å². The fourth-order valence-corrected chi connectivity index (χ4v) is 2.02. The van der Waals surface area contributed by atoms with Gasteiger partial charge >= 0.3 is 0 Å². The zero-order valence-electron chi connectivity index (χ0n) is 12.4. The van der Waals surface area contributed by atoms with Crippen molar-refractivity contribution in [2.75, 3.05) is 18.5 Å². The van der Waals surface area contributed by atoms with Crippen LogP contribution in [0.4, 0.5) is 5.69 Å². The second kappa shape index (κ2) is 7.59. The van der Waals surface area contributed by atoms with Crippen molar-refractivity contribution >= 4 is 5.69 Å². The molecular weight excluding hydrogens is 246 g/mol. The summed E-state index contributed by atoms with van der Waals surface area (Å²) in [5.41, 5.74) is 3.88. The van der Waals surface area contributed by atoms with Crippen LogP contribution in [0, 0.1) is 13.8 Å². The molecule has 0 aliphatic carbocycles. The molecule has 0 aliphatic heterocycles. The largest absolute Gasteiger partial charge is 0.494 e. The van der Waals surface area contributed by atoms with Gasteiger partial charge in [0.1, 0.15) is 5.75 Å². The highest BCUT2D eigenvalue weighted by Gasteiger charge is 1.96. The normalized spacial score (nSPS) is 10.3. The van der Waals surface area contributed by atoms with Gasteiger partial charge in [0.25, 0.3) is 0 Å². The van der Waals surface area contributed by atoms with Crippen molar-refractivity contribution in [3.05, 3.63) is 59.7 Å². The van der Waals surface area contributed by atoms with Gasteiger partial charge in [0.2, 0.25) is 0 Å². The Hall–Kier alpha value is -1.96. The Morgan fingerprint density at radius 2 is 1.70 bits per heavy atom. The van der Waals surface area contributed by atoms with Gasteiger partial charge in [0.05, 0.1) is 6.61 Å². The molecule has 0 saturated heterocycles. The molecule has 0 heterocycles. The van der Waals surface area contributed by atoms with Crippen LogP contribution in [0.25, 0.3) is 0 Å². The number of rotatable bonds is 7. The predicted molar refractivity (Wildman–Crippen MR) is 85.6 cm³/mol. The van der Waals surface area contributed by atoms with Crippen molar-refractivity contribution in [2.24, 2.45) is 0 Å². The molecule has 0 saturated carbocycles. The van der Waals surface area contributed by atoms with Gasteiger partial charge in [-0.3, -0.25) is 0 Å². The number of para-hydroxylation sites is 1. The molecule has 1 N–H and O–H groups in total. The number of anilines is 1. The highest BCUT2D eigenvalue weighted by molar-refractivity contribution is 5.47. The van der Waals surface area contributed by atoms with E-state index in [4.69, 9.17) is 4.74 Å². The average Bonchev–Trinajstić information content (AvgIpc) is 2.47. The highest BCUT2D eigenvalue weighted by Crippen LogP contribution is 2.14. The Kier molecular flexibility index (Phi) is 5.48. The molecule has 20 heavy (non-hydrogen) atoms. The lowest BCUT2D eigenvalue weighted by Crippen LogP contribution is -2.05. The molecule has 0 aromatic heterocycles. The summed E-state index contributed by atoms with van der Waals surface area (Å²) >= 11 is 0. The predicted octanol–water partition coefficient (Wildman–Crippen LogP) is 4.57. The molecule has 106 valence electrons. The Labute approximate surface area is 121 Å². The van der Waals surface area contributed by atoms with Gasteiger partial charge < -0.3 is 10.1 Å². The summed E-state index contributed by atoms with van der Waals surface area (Å²) in [5, 5.41) is 3.46. The van der Waals surface area contributed by atoms with E-state index in [1.165, 1.54) is 16.8 Å². The molecule has 0 bridgehead atoms. The molecule has 0 amide bonds. The van der Waals surface area contributed by atoms with Crippen molar-refractivity contribution < 1.29 is 4.74 Å².